The standard InChI is InChI=1S/C15H24N4O/c1-10(13-6-8-16-9-7-13)17-15(20)5-4-14-11(2)18-19-12(14)3/h6-12,14,18-19H,4-5H2,1-3H3,(H,17,20). The van der Waals surface area contributed by atoms with Crippen LogP contribution in [0.3, 0.4) is 0 Å². The molecule has 0 radical (unpaired) electrons. The second kappa shape index (κ2) is 6.81. The monoisotopic (exact) mass is 276 g/mol. The van der Waals surface area contributed by atoms with Crippen molar-refractivity contribution in [2.24, 2.45) is 5.92 Å². The zero-order valence-corrected chi connectivity index (χ0v) is 12.4. The Balaban J connectivity index is 1.78. The molecule has 1 saturated heterocycles. The Morgan fingerprint density at radius 2 is 1.90 bits per heavy atom. The van der Waals surface area contributed by atoms with Crippen LogP contribution in [0.1, 0.15) is 45.2 Å². The van der Waals surface area contributed by atoms with Crippen LogP contribution in [0.25, 0.3) is 0 Å². The van der Waals surface area contributed by atoms with Crippen LogP contribution in [0.15, 0.2) is 24.5 Å². The summed E-state index contributed by atoms with van der Waals surface area (Å²) >= 11 is 0. The van der Waals surface area contributed by atoms with Gasteiger partial charge >= 0.3 is 0 Å². The molecule has 2 heterocycles. The fourth-order valence-corrected chi connectivity index (χ4v) is 2.76. The van der Waals surface area contributed by atoms with E-state index in [4.69, 9.17) is 0 Å². The highest BCUT2D eigenvalue weighted by molar-refractivity contribution is 5.76. The van der Waals surface area contributed by atoms with Crippen molar-refractivity contribution in [1.29, 1.82) is 0 Å². The fourth-order valence-electron chi connectivity index (χ4n) is 2.76. The number of nitrogens with zero attached hydrogens (tertiary/aromatic N) is 1. The number of carbonyl (C=O) groups is 1. The lowest BCUT2D eigenvalue weighted by atomic mass is 9.91. The van der Waals surface area contributed by atoms with Gasteiger partial charge in [0.15, 0.2) is 0 Å². The number of carbonyl (C=O) groups excluding carboxylic acids is 1. The first-order chi connectivity index (χ1) is 9.58. The summed E-state index contributed by atoms with van der Waals surface area (Å²) in [6, 6.07) is 4.71. The molecule has 2 rings (SSSR count). The van der Waals surface area contributed by atoms with Gasteiger partial charge in [0.25, 0.3) is 0 Å². The van der Waals surface area contributed by atoms with Crippen molar-refractivity contribution in [3.8, 4) is 0 Å². The van der Waals surface area contributed by atoms with E-state index in [1.165, 1.54) is 0 Å². The molecule has 0 aromatic carbocycles. The van der Waals surface area contributed by atoms with E-state index in [0.29, 0.717) is 24.4 Å². The lowest BCUT2D eigenvalue weighted by molar-refractivity contribution is -0.122. The Morgan fingerprint density at radius 1 is 1.30 bits per heavy atom. The third kappa shape index (κ3) is 3.77. The summed E-state index contributed by atoms with van der Waals surface area (Å²) in [5.41, 5.74) is 7.52. The zero-order valence-electron chi connectivity index (χ0n) is 12.4. The molecule has 5 heteroatoms. The van der Waals surface area contributed by atoms with Crippen molar-refractivity contribution < 1.29 is 4.79 Å². The molecule has 3 atom stereocenters. The van der Waals surface area contributed by atoms with E-state index in [1.54, 1.807) is 12.4 Å². The van der Waals surface area contributed by atoms with E-state index in [2.05, 4.69) is 35.0 Å². The van der Waals surface area contributed by atoms with Gasteiger partial charge < -0.3 is 5.32 Å². The number of hydrogen-bond acceptors (Lipinski definition) is 4. The van der Waals surface area contributed by atoms with E-state index in [0.717, 1.165) is 12.0 Å². The zero-order chi connectivity index (χ0) is 14.5. The van der Waals surface area contributed by atoms with Gasteiger partial charge in [0.2, 0.25) is 5.91 Å². The summed E-state index contributed by atoms with van der Waals surface area (Å²) in [5.74, 6) is 0.609. The molecule has 0 bridgehead atoms. The first-order valence-electron chi connectivity index (χ1n) is 7.28. The average Bonchev–Trinajstić information content (AvgIpc) is 2.77. The van der Waals surface area contributed by atoms with Crippen molar-refractivity contribution in [3.05, 3.63) is 30.1 Å². The van der Waals surface area contributed by atoms with Gasteiger partial charge in [-0.05, 0) is 50.8 Å². The number of hydrazine groups is 1. The molecule has 3 unspecified atom stereocenters. The van der Waals surface area contributed by atoms with Crippen LogP contribution in [-0.4, -0.2) is 23.0 Å². The minimum atomic E-state index is 0.0279. The van der Waals surface area contributed by atoms with Crippen LogP contribution in [0.4, 0.5) is 0 Å². The van der Waals surface area contributed by atoms with Gasteiger partial charge in [-0.3, -0.25) is 20.6 Å². The van der Waals surface area contributed by atoms with Gasteiger partial charge in [-0.15, -0.1) is 0 Å². The maximum absolute atomic E-state index is 12.0. The van der Waals surface area contributed by atoms with Gasteiger partial charge in [-0.25, -0.2) is 0 Å². The molecule has 5 nitrogen and oxygen atoms in total. The Morgan fingerprint density at radius 3 is 2.50 bits per heavy atom. The van der Waals surface area contributed by atoms with Crippen molar-refractivity contribution >= 4 is 5.91 Å². The summed E-state index contributed by atoms with van der Waals surface area (Å²) in [5, 5.41) is 3.04. The number of aromatic nitrogens is 1. The highest BCUT2D eigenvalue weighted by Gasteiger charge is 2.29. The van der Waals surface area contributed by atoms with E-state index in [9.17, 15) is 4.79 Å². The van der Waals surface area contributed by atoms with Crippen LogP contribution in [0.2, 0.25) is 0 Å². The molecule has 110 valence electrons. The van der Waals surface area contributed by atoms with Gasteiger partial charge in [-0.1, -0.05) is 0 Å². The Hall–Kier alpha value is -1.46. The predicted octanol–water partition coefficient (Wildman–Crippen LogP) is 1.54. The minimum absolute atomic E-state index is 0.0279. The van der Waals surface area contributed by atoms with E-state index < -0.39 is 0 Å². The first-order valence-corrected chi connectivity index (χ1v) is 7.28. The minimum Gasteiger partial charge on any atom is -0.350 e. The summed E-state index contributed by atoms with van der Waals surface area (Å²) < 4.78 is 0. The molecule has 1 aliphatic rings. The number of pyridine rings is 1. The number of hydrogen-bond donors (Lipinski definition) is 3. The third-order valence-electron chi connectivity index (χ3n) is 4.11. The number of nitrogens with one attached hydrogen (secondary N) is 3. The number of amides is 1. The Labute approximate surface area is 120 Å². The molecule has 0 saturated carbocycles. The van der Waals surface area contributed by atoms with Gasteiger partial charge in [-0.2, -0.15) is 0 Å². The maximum Gasteiger partial charge on any atom is 0.220 e. The van der Waals surface area contributed by atoms with Crippen LogP contribution in [0, 0.1) is 5.92 Å². The predicted molar refractivity (Wildman–Crippen MR) is 78.7 cm³/mol. The van der Waals surface area contributed by atoms with E-state index >= 15 is 0 Å². The smallest absolute Gasteiger partial charge is 0.220 e. The fraction of sp³-hybridized carbons (Fsp3) is 0.600. The topological polar surface area (TPSA) is 66.1 Å². The molecule has 1 amide bonds. The quantitative estimate of drug-likeness (QED) is 0.763. The highest BCUT2D eigenvalue weighted by Crippen LogP contribution is 2.20. The van der Waals surface area contributed by atoms with Crippen molar-refractivity contribution in [3.63, 3.8) is 0 Å². The van der Waals surface area contributed by atoms with Gasteiger partial charge in [0, 0.05) is 30.9 Å². The molecular formula is C15H24N4O. The first kappa shape index (κ1) is 14.9. The summed E-state index contributed by atoms with van der Waals surface area (Å²) in [4.78, 5) is 16.0. The molecule has 1 aliphatic heterocycles. The van der Waals surface area contributed by atoms with Crippen LogP contribution >= 0.6 is 0 Å². The average molecular weight is 276 g/mol. The lowest BCUT2D eigenvalue weighted by Crippen LogP contribution is -2.30. The van der Waals surface area contributed by atoms with Crippen LogP contribution in [-0.2, 0) is 4.79 Å². The molecule has 0 aliphatic carbocycles. The second-order valence-electron chi connectivity index (χ2n) is 5.64. The normalized spacial score (nSPS) is 27.2. The molecule has 1 aromatic heterocycles. The van der Waals surface area contributed by atoms with Crippen LogP contribution in [0.5, 0.6) is 0 Å². The van der Waals surface area contributed by atoms with Crippen LogP contribution < -0.4 is 16.2 Å². The summed E-state index contributed by atoms with van der Waals surface area (Å²) in [6.07, 6.45) is 4.96. The van der Waals surface area contributed by atoms with Crippen molar-refractivity contribution in [2.75, 3.05) is 0 Å². The van der Waals surface area contributed by atoms with E-state index in [-0.39, 0.29) is 11.9 Å². The lowest BCUT2D eigenvalue weighted by Gasteiger charge is -2.19. The summed E-state index contributed by atoms with van der Waals surface area (Å²) in [6.45, 7) is 6.30. The Kier molecular flexibility index (Phi) is 5.09. The van der Waals surface area contributed by atoms with Gasteiger partial charge in [0.1, 0.15) is 0 Å². The third-order valence-corrected chi connectivity index (χ3v) is 4.11. The molecular weight excluding hydrogens is 252 g/mol. The SMILES string of the molecule is CC(NC(=O)CCC1C(C)NNC1C)c1ccncc1. The summed E-state index contributed by atoms with van der Waals surface area (Å²) in [7, 11) is 0. The van der Waals surface area contributed by atoms with E-state index in [1.807, 2.05) is 19.1 Å². The van der Waals surface area contributed by atoms with Crippen molar-refractivity contribution in [2.45, 2.75) is 51.7 Å². The van der Waals surface area contributed by atoms with Gasteiger partial charge in [0.05, 0.1) is 6.04 Å². The largest absolute Gasteiger partial charge is 0.350 e. The molecule has 1 fully saturated rings. The second-order valence-corrected chi connectivity index (χ2v) is 5.64. The Bertz CT molecular complexity index is 427. The molecule has 0 spiro atoms. The number of rotatable bonds is 5. The highest BCUT2D eigenvalue weighted by atomic mass is 16.1. The molecule has 3 N–H and O–H groups in total. The molecule has 20 heavy (non-hydrogen) atoms. The molecule has 1 aromatic rings. The van der Waals surface area contributed by atoms with Crippen molar-refractivity contribution in [1.82, 2.24) is 21.2 Å². The maximum atomic E-state index is 12.0.